The summed E-state index contributed by atoms with van der Waals surface area (Å²) in [6.07, 6.45) is 1.11. The molecule has 0 spiro atoms. The number of carbonyl (C=O) groups excluding carboxylic acids is 1. The fourth-order valence-electron chi connectivity index (χ4n) is 2.31. The van der Waals surface area contributed by atoms with Crippen molar-refractivity contribution >= 4 is 33.2 Å². The minimum atomic E-state index is -3.55. The molecule has 0 aliphatic heterocycles. The fraction of sp³-hybridized carbons (Fsp3) is 0.235. The number of rotatable bonds is 7. The van der Waals surface area contributed by atoms with Crippen LogP contribution in [0.1, 0.15) is 10.4 Å². The maximum atomic E-state index is 12.2. The number of benzene rings is 2. The highest BCUT2D eigenvalue weighted by Crippen LogP contribution is 2.29. The Hall–Kier alpha value is -2.25. The Labute approximate surface area is 152 Å². The van der Waals surface area contributed by atoms with Crippen LogP contribution >= 0.6 is 11.6 Å². The first-order valence-corrected chi connectivity index (χ1v) is 9.70. The molecule has 0 saturated carbocycles. The number of methoxy groups -OCH3 is 1. The number of hydrogen-bond donors (Lipinski definition) is 1. The Balaban J connectivity index is 2.12. The first-order chi connectivity index (χ1) is 11.8. The van der Waals surface area contributed by atoms with E-state index >= 15 is 0 Å². The third kappa shape index (κ3) is 4.87. The summed E-state index contributed by atoms with van der Waals surface area (Å²) in [6, 6.07) is 13.5. The number of para-hydroxylation sites is 2. The summed E-state index contributed by atoms with van der Waals surface area (Å²) in [5, 5.41) is 3.02. The van der Waals surface area contributed by atoms with Gasteiger partial charge in [-0.1, -0.05) is 35.9 Å². The summed E-state index contributed by atoms with van der Waals surface area (Å²) in [5.41, 5.74) is 0.756. The highest BCUT2D eigenvalue weighted by Gasteiger charge is 2.21. The maximum absolute atomic E-state index is 12.2. The molecule has 0 fully saturated rings. The molecule has 0 aliphatic rings. The molecule has 0 aromatic heterocycles. The van der Waals surface area contributed by atoms with Gasteiger partial charge >= 0.3 is 0 Å². The molecule has 2 aromatic rings. The molecular formula is C17H19ClN2O4S. The number of halogens is 1. The van der Waals surface area contributed by atoms with Crippen LogP contribution in [-0.2, 0) is 10.0 Å². The van der Waals surface area contributed by atoms with E-state index in [4.69, 9.17) is 16.3 Å². The summed E-state index contributed by atoms with van der Waals surface area (Å²) in [4.78, 5) is 12.2. The van der Waals surface area contributed by atoms with Gasteiger partial charge in [-0.25, -0.2) is 8.42 Å². The number of sulfonamides is 1. The van der Waals surface area contributed by atoms with Crippen LogP contribution in [0.5, 0.6) is 5.75 Å². The van der Waals surface area contributed by atoms with Crippen LogP contribution in [0.4, 0.5) is 5.69 Å². The summed E-state index contributed by atoms with van der Waals surface area (Å²) < 4.78 is 30.7. The third-order valence-corrected chi connectivity index (χ3v) is 4.98. The molecule has 0 unspecified atom stereocenters. The van der Waals surface area contributed by atoms with Crippen LogP contribution < -0.4 is 14.4 Å². The Morgan fingerprint density at radius 2 is 1.80 bits per heavy atom. The lowest BCUT2D eigenvalue weighted by Crippen LogP contribution is -2.38. The predicted molar refractivity (Wildman–Crippen MR) is 99.0 cm³/mol. The molecule has 1 N–H and O–H groups in total. The van der Waals surface area contributed by atoms with Gasteiger partial charge < -0.3 is 10.1 Å². The summed E-state index contributed by atoms with van der Waals surface area (Å²) in [6.45, 7) is 0.185. The minimum Gasteiger partial charge on any atom is -0.495 e. The molecular weight excluding hydrogens is 364 g/mol. The fourth-order valence-corrected chi connectivity index (χ4v) is 3.46. The summed E-state index contributed by atoms with van der Waals surface area (Å²) in [7, 11) is -2.07. The van der Waals surface area contributed by atoms with Gasteiger partial charge in [-0.05, 0) is 24.3 Å². The molecule has 25 heavy (non-hydrogen) atoms. The second-order valence-electron chi connectivity index (χ2n) is 5.24. The molecule has 2 aromatic carbocycles. The number of hydrogen-bond acceptors (Lipinski definition) is 4. The Kier molecular flexibility index (Phi) is 6.27. The lowest BCUT2D eigenvalue weighted by atomic mass is 10.2. The smallest absolute Gasteiger partial charge is 0.252 e. The van der Waals surface area contributed by atoms with Gasteiger partial charge in [0.25, 0.3) is 5.91 Å². The van der Waals surface area contributed by atoms with Gasteiger partial charge in [0.15, 0.2) is 0 Å². The van der Waals surface area contributed by atoms with E-state index in [1.54, 1.807) is 48.5 Å². The third-order valence-electron chi connectivity index (χ3n) is 3.47. The molecule has 0 bridgehead atoms. The van der Waals surface area contributed by atoms with Crippen molar-refractivity contribution in [3.8, 4) is 5.75 Å². The van der Waals surface area contributed by atoms with Gasteiger partial charge in [0.2, 0.25) is 10.0 Å². The molecule has 0 saturated heterocycles. The van der Waals surface area contributed by atoms with Gasteiger partial charge in [-0.15, -0.1) is 0 Å². The van der Waals surface area contributed by atoms with Crippen molar-refractivity contribution in [3.63, 3.8) is 0 Å². The molecule has 0 aliphatic carbocycles. The SMILES string of the molecule is COc1ccccc1N(CCNC(=O)c1ccccc1Cl)S(C)(=O)=O. The number of ether oxygens (including phenoxy) is 1. The predicted octanol–water partition coefficient (Wildman–Crippen LogP) is 2.54. The van der Waals surface area contributed by atoms with Crippen LogP contribution in [0.15, 0.2) is 48.5 Å². The lowest BCUT2D eigenvalue weighted by Gasteiger charge is -2.24. The summed E-state index contributed by atoms with van der Waals surface area (Å²) in [5.74, 6) is 0.0735. The minimum absolute atomic E-state index is 0.0649. The van der Waals surface area contributed by atoms with Gasteiger partial charge in [0, 0.05) is 6.54 Å². The molecule has 134 valence electrons. The number of carbonyl (C=O) groups is 1. The number of nitrogens with zero attached hydrogens (tertiary/aromatic N) is 1. The van der Waals surface area contributed by atoms with E-state index in [1.807, 2.05) is 0 Å². The van der Waals surface area contributed by atoms with E-state index in [0.717, 1.165) is 6.26 Å². The Morgan fingerprint density at radius 3 is 2.44 bits per heavy atom. The van der Waals surface area contributed by atoms with E-state index in [1.165, 1.54) is 11.4 Å². The molecule has 1 amide bonds. The highest BCUT2D eigenvalue weighted by atomic mass is 35.5. The van der Waals surface area contributed by atoms with Crippen molar-refractivity contribution in [1.29, 1.82) is 0 Å². The first kappa shape index (κ1) is 19.1. The van der Waals surface area contributed by atoms with Crippen molar-refractivity contribution in [1.82, 2.24) is 5.32 Å². The topological polar surface area (TPSA) is 75.7 Å². The normalized spacial score (nSPS) is 11.0. The second kappa shape index (κ2) is 8.22. The zero-order chi connectivity index (χ0) is 18.4. The largest absolute Gasteiger partial charge is 0.495 e. The van der Waals surface area contributed by atoms with E-state index in [0.29, 0.717) is 22.0 Å². The van der Waals surface area contributed by atoms with Gasteiger partial charge in [0.05, 0.1) is 36.2 Å². The van der Waals surface area contributed by atoms with Crippen LogP contribution in [-0.4, -0.2) is 40.8 Å². The number of nitrogens with one attached hydrogen (secondary N) is 1. The van der Waals surface area contributed by atoms with E-state index < -0.39 is 10.0 Å². The van der Waals surface area contributed by atoms with Crippen molar-refractivity contribution in [3.05, 3.63) is 59.1 Å². The second-order valence-corrected chi connectivity index (χ2v) is 7.56. The number of amides is 1. The molecule has 6 nitrogen and oxygen atoms in total. The molecule has 0 heterocycles. The van der Waals surface area contributed by atoms with Crippen LogP contribution in [0.3, 0.4) is 0 Å². The Morgan fingerprint density at radius 1 is 1.16 bits per heavy atom. The zero-order valence-electron chi connectivity index (χ0n) is 13.9. The van der Waals surface area contributed by atoms with Crippen molar-refractivity contribution in [2.24, 2.45) is 0 Å². The van der Waals surface area contributed by atoms with E-state index in [2.05, 4.69) is 5.32 Å². The summed E-state index contributed by atoms with van der Waals surface area (Å²) >= 11 is 5.98. The zero-order valence-corrected chi connectivity index (χ0v) is 15.5. The van der Waals surface area contributed by atoms with Gasteiger partial charge in [-0.2, -0.15) is 0 Å². The van der Waals surface area contributed by atoms with Crippen LogP contribution in [0, 0.1) is 0 Å². The van der Waals surface area contributed by atoms with E-state index in [9.17, 15) is 13.2 Å². The van der Waals surface area contributed by atoms with Gasteiger partial charge in [0.1, 0.15) is 5.75 Å². The van der Waals surface area contributed by atoms with Crippen LogP contribution in [0.25, 0.3) is 0 Å². The van der Waals surface area contributed by atoms with Crippen molar-refractivity contribution in [2.45, 2.75) is 0 Å². The van der Waals surface area contributed by atoms with Crippen molar-refractivity contribution < 1.29 is 17.9 Å². The standard InChI is InChI=1S/C17H19ClN2O4S/c1-24-16-10-6-5-9-15(16)20(25(2,22)23)12-11-19-17(21)13-7-3-4-8-14(13)18/h3-10H,11-12H2,1-2H3,(H,19,21). The Bertz CT molecular complexity index is 855. The monoisotopic (exact) mass is 382 g/mol. The molecule has 2 rings (SSSR count). The van der Waals surface area contributed by atoms with Crippen molar-refractivity contribution in [2.75, 3.05) is 30.8 Å². The van der Waals surface area contributed by atoms with Gasteiger partial charge in [-0.3, -0.25) is 9.10 Å². The van der Waals surface area contributed by atoms with E-state index in [-0.39, 0.29) is 19.0 Å². The number of anilines is 1. The highest BCUT2D eigenvalue weighted by molar-refractivity contribution is 7.92. The first-order valence-electron chi connectivity index (χ1n) is 7.48. The molecule has 8 heteroatoms. The quantitative estimate of drug-likeness (QED) is 0.798. The maximum Gasteiger partial charge on any atom is 0.252 e. The average Bonchev–Trinajstić information content (AvgIpc) is 2.58. The lowest BCUT2D eigenvalue weighted by molar-refractivity contribution is 0.0955. The average molecular weight is 383 g/mol. The van der Waals surface area contributed by atoms with Crippen LogP contribution in [0.2, 0.25) is 5.02 Å². The molecule has 0 atom stereocenters. The molecule has 0 radical (unpaired) electrons.